The highest BCUT2D eigenvalue weighted by molar-refractivity contribution is 5.90. The molecule has 0 radical (unpaired) electrons. The molecular formula is C27H27N3O6. The summed E-state index contributed by atoms with van der Waals surface area (Å²) in [6.07, 6.45) is -1.06. The van der Waals surface area contributed by atoms with Crippen molar-refractivity contribution in [1.29, 1.82) is 0 Å². The maximum Gasteiger partial charge on any atom is 0.250 e. The predicted octanol–water partition coefficient (Wildman–Crippen LogP) is 2.58. The second kappa shape index (κ2) is 11.8. The first-order valence-electron chi connectivity index (χ1n) is 11.0. The van der Waals surface area contributed by atoms with Gasteiger partial charge in [-0.05, 0) is 54.1 Å². The van der Waals surface area contributed by atoms with Crippen molar-refractivity contribution in [1.82, 2.24) is 5.32 Å². The van der Waals surface area contributed by atoms with E-state index in [4.69, 9.17) is 10.5 Å². The Labute approximate surface area is 208 Å². The summed E-state index contributed by atoms with van der Waals surface area (Å²) in [4.78, 5) is 40.5. The van der Waals surface area contributed by atoms with Crippen molar-refractivity contribution in [3.8, 4) is 11.5 Å². The molecule has 3 rings (SSSR count). The molecule has 0 aliphatic carbocycles. The zero-order valence-electron chi connectivity index (χ0n) is 19.6. The molecule has 0 fully saturated rings. The molecule has 2 amide bonds. The van der Waals surface area contributed by atoms with Gasteiger partial charge in [0.25, 0.3) is 0 Å². The van der Waals surface area contributed by atoms with Crippen molar-refractivity contribution >= 4 is 30.5 Å². The molecule has 186 valence electrons. The molecule has 9 heteroatoms. The van der Waals surface area contributed by atoms with E-state index in [2.05, 4.69) is 17.0 Å². The molecule has 0 aliphatic rings. The van der Waals surface area contributed by atoms with Gasteiger partial charge in [-0.1, -0.05) is 42.5 Å². The maximum absolute atomic E-state index is 13.2. The molecule has 0 saturated heterocycles. The van der Waals surface area contributed by atoms with E-state index in [1.54, 1.807) is 48.5 Å². The number of aliphatic hydroxyl groups excluding tert-OH is 1. The van der Waals surface area contributed by atoms with Crippen LogP contribution in [0.2, 0.25) is 0 Å². The number of amides is 2. The van der Waals surface area contributed by atoms with E-state index in [0.29, 0.717) is 34.3 Å². The quantitative estimate of drug-likeness (QED) is 0.240. The number of aromatic hydroxyl groups is 1. The molecule has 0 spiro atoms. The van der Waals surface area contributed by atoms with Gasteiger partial charge in [0, 0.05) is 11.5 Å². The van der Waals surface area contributed by atoms with Crippen LogP contribution < -0.4 is 15.8 Å². The Bertz CT molecular complexity index is 1260. The number of phenolic OH excluding ortho intramolecular Hbond substituents is 1. The average Bonchev–Trinajstić information content (AvgIpc) is 2.90. The number of rotatable bonds is 11. The topological polar surface area (TPSA) is 151 Å². The summed E-state index contributed by atoms with van der Waals surface area (Å²) >= 11 is 0. The third-order valence-electron chi connectivity index (χ3n) is 5.84. The average molecular weight is 490 g/mol. The highest BCUT2D eigenvalue weighted by Crippen LogP contribution is 2.36. The number of phenols is 1. The molecule has 0 aliphatic heterocycles. The minimum Gasteiger partial charge on any atom is -0.508 e. The first-order chi connectivity index (χ1) is 17.3. The zero-order valence-corrected chi connectivity index (χ0v) is 19.6. The molecule has 0 bridgehead atoms. The number of aliphatic hydroxyl groups is 1. The number of carbonyl (C=O) groups is 3. The van der Waals surface area contributed by atoms with E-state index < -0.39 is 29.9 Å². The fourth-order valence-corrected chi connectivity index (χ4v) is 3.94. The summed E-state index contributed by atoms with van der Waals surface area (Å²) in [5.74, 6) is -2.20. The Hall–Kier alpha value is -4.50. The Morgan fingerprint density at radius 3 is 2.47 bits per heavy atom. The molecule has 36 heavy (non-hydrogen) atoms. The number of primary amides is 1. The van der Waals surface area contributed by atoms with Crippen molar-refractivity contribution in [2.24, 2.45) is 10.7 Å². The van der Waals surface area contributed by atoms with Gasteiger partial charge in [0.1, 0.15) is 29.9 Å². The predicted molar refractivity (Wildman–Crippen MR) is 135 cm³/mol. The summed E-state index contributed by atoms with van der Waals surface area (Å²) < 4.78 is 5.24. The van der Waals surface area contributed by atoms with Crippen LogP contribution in [0.3, 0.4) is 0 Å². The molecule has 0 aromatic heterocycles. The van der Waals surface area contributed by atoms with Crippen LogP contribution >= 0.6 is 0 Å². The van der Waals surface area contributed by atoms with Crippen LogP contribution in [-0.4, -0.2) is 48.2 Å². The fourth-order valence-electron chi connectivity index (χ4n) is 3.94. The lowest BCUT2D eigenvalue weighted by Gasteiger charge is -2.26. The van der Waals surface area contributed by atoms with Crippen LogP contribution in [0.25, 0.3) is 0 Å². The highest BCUT2D eigenvalue weighted by Gasteiger charge is 2.33. The molecule has 3 unspecified atom stereocenters. The monoisotopic (exact) mass is 489 g/mol. The van der Waals surface area contributed by atoms with Gasteiger partial charge in [-0.3, -0.25) is 19.4 Å². The SMILES string of the molecule is C=Nc1cc(C=O)ccc1C(Cc1cc(OC)ccc1O)C(O)C(=O)NC(C(N)=O)c1ccccc1. The molecule has 5 N–H and O–H groups in total. The maximum atomic E-state index is 13.2. The van der Waals surface area contributed by atoms with Crippen molar-refractivity contribution in [2.45, 2.75) is 24.5 Å². The normalized spacial score (nSPS) is 13.2. The van der Waals surface area contributed by atoms with Crippen LogP contribution in [0.15, 0.2) is 71.7 Å². The number of nitrogens with one attached hydrogen (secondary N) is 1. The number of ether oxygens (including phenoxy) is 1. The second-order valence-corrected chi connectivity index (χ2v) is 8.10. The zero-order chi connectivity index (χ0) is 26.2. The Morgan fingerprint density at radius 1 is 1.14 bits per heavy atom. The van der Waals surface area contributed by atoms with Gasteiger partial charge in [-0.2, -0.15) is 0 Å². The number of methoxy groups -OCH3 is 1. The number of hydrogen-bond acceptors (Lipinski definition) is 7. The van der Waals surface area contributed by atoms with Crippen LogP contribution in [-0.2, 0) is 16.0 Å². The number of aliphatic imine (C=N–C) groups is 1. The lowest BCUT2D eigenvalue weighted by molar-refractivity contribution is -0.134. The lowest BCUT2D eigenvalue weighted by atomic mass is 9.85. The minimum absolute atomic E-state index is 0.00679. The van der Waals surface area contributed by atoms with Gasteiger partial charge in [0.2, 0.25) is 11.8 Å². The highest BCUT2D eigenvalue weighted by atomic mass is 16.5. The van der Waals surface area contributed by atoms with Gasteiger partial charge in [-0.15, -0.1) is 0 Å². The van der Waals surface area contributed by atoms with E-state index in [1.165, 1.54) is 25.3 Å². The van der Waals surface area contributed by atoms with Gasteiger partial charge in [0.05, 0.1) is 12.8 Å². The van der Waals surface area contributed by atoms with Gasteiger partial charge >= 0.3 is 0 Å². The van der Waals surface area contributed by atoms with Crippen LogP contribution in [0, 0.1) is 0 Å². The van der Waals surface area contributed by atoms with E-state index in [9.17, 15) is 24.6 Å². The van der Waals surface area contributed by atoms with Crippen molar-refractivity contribution < 1.29 is 29.3 Å². The standard InChI is InChI=1S/C27H27N3O6/c1-29-22-12-16(15-31)8-10-20(22)21(14-18-13-19(36-2)9-11-23(18)32)25(33)27(35)30-24(26(28)34)17-6-4-3-5-7-17/h3-13,15,21,24-25,32-33H,1,14H2,2H3,(H2,28,34)(H,30,35). The summed E-state index contributed by atoms with van der Waals surface area (Å²) in [6.45, 7) is 3.54. The summed E-state index contributed by atoms with van der Waals surface area (Å²) in [7, 11) is 1.47. The largest absolute Gasteiger partial charge is 0.508 e. The smallest absolute Gasteiger partial charge is 0.250 e. The van der Waals surface area contributed by atoms with Crippen LogP contribution in [0.4, 0.5) is 5.69 Å². The number of carbonyl (C=O) groups excluding carboxylic acids is 3. The fraction of sp³-hybridized carbons (Fsp3) is 0.185. The summed E-state index contributed by atoms with van der Waals surface area (Å²) in [5.41, 5.74) is 7.40. The summed E-state index contributed by atoms with van der Waals surface area (Å²) in [5, 5.41) is 24.2. The van der Waals surface area contributed by atoms with Crippen LogP contribution in [0.1, 0.15) is 39.0 Å². The van der Waals surface area contributed by atoms with E-state index in [1.807, 2.05) is 0 Å². The molecular weight excluding hydrogens is 462 g/mol. The number of nitrogens with zero attached hydrogens (tertiary/aromatic N) is 1. The number of aldehydes is 1. The molecule has 0 heterocycles. The Balaban J connectivity index is 2.02. The van der Waals surface area contributed by atoms with E-state index in [-0.39, 0.29) is 17.9 Å². The second-order valence-electron chi connectivity index (χ2n) is 8.10. The van der Waals surface area contributed by atoms with Crippen molar-refractivity contribution in [2.75, 3.05) is 7.11 Å². The molecule has 3 aromatic rings. The molecule has 3 atom stereocenters. The molecule has 0 saturated carbocycles. The van der Waals surface area contributed by atoms with Crippen molar-refractivity contribution in [3.05, 3.63) is 89.0 Å². The van der Waals surface area contributed by atoms with Gasteiger partial charge in [0.15, 0.2) is 0 Å². The van der Waals surface area contributed by atoms with E-state index in [0.717, 1.165) is 0 Å². The number of nitrogens with two attached hydrogens (primary N) is 1. The van der Waals surface area contributed by atoms with Crippen LogP contribution in [0.5, 0.6) is 11.5 Å². The molecule has 9 nitrogen and oxygen atoms in total. The lowest BCUT2D eigenvalue weighted by Crippen LogP contribution is -2.44. The van der Waals surface area contributed by atoms with Crippen molar-refractivity contribution in [3.63, 3.8) is 0 Å². The summed E-state index contributed by atoms with van der Waals surface area (Å²) in [6, 6.07) is 16.4. The minimum atomic E-state index is -1.69. The van der Waals surface area contributed by atoms with E-state index >= 15 is 0 Å². The Kier molecular flexibility index (Phi) is 8.53. The Morgan fingerprint density at radius 2 is 1.86 bits per heavy atom. The number of benzene rings is 3. The van der Waals surface area contributed by atoms with Gasteiger partial charge in [-0.25, -0.2) is 0 Å². The third-order valence-corrected chi connectivity index (χ3v) is 5.84. The first-order valence-corrected chi connectivity index (χ1v) is 11.0. The first kappa shape index (κ1) is 26.1. The number of hydrogen-bond donors (Lipinski definition) is 4. The third kappa shape index (κ3) is 5.94. The van der Waals surface area contributed by atoms with Gasteiger partial charge < -0.3 is 26.0 Å². The molecule has 3 aromatic carbocycles.